The lowest BCUT2D eigenvalue weighted by Crippen LogP contribution is -2.34. The second-order valence-corrected chi connectivity index (χ2v) is 8.07. The number of ether oxygens (including phenoxy) is 1. The molecule has 2 rings (SSSR count). The lowest BCUT2D eigenvalue weighted by atomic mass is 10.0. The Kier molecular flexibility index (Phi) is 10.9. The summed E-state index contributed by atoms with van der Waals surface area (Å²) in [6.07, 6.45) is 1.49. The maximum atomic E-state index is 12.9. The SMILES string of the molecule is CCCN(CCC)C(=O)c1cc(C)cc(C(=O)NCC(O)CCOCc2ccccc2)c1. The van der Waals surface area contributed by atoms with Crippen LogP contribution in [0.15, 0.2) is 48.5 Å². The highest BCUT2D eigenvalue weighted by Crippen LogP contribution is 2.13. The zero-order chi connectivity index (χ0) is 23.3. The number of aliphatic hydroxyl groups excluding tert-OH is 1. The van der Waals surface area contributed by atoms with Crippen LogP contribution in [0.3, 0.4) is 0 Å². The first-order valence-corrected chi connectivity index (χ1v) is 11.4. The molecule has 6 nitrogen and oxygen atoms in total. The van der Waals surface area contributed by atoms with Gasteiger partial charge in [-0.05, 0) is 55.5 Å². The Hall–Kier alpha value is -2.70. The predicted octanol–water partition coefficient (Wildman–Crippen LogP) is 3.95. The fourth-order valence-electron chi connectivity index (χ4n) is 3.47. The van der Waals surface area contributed by atoms with Crippen molar-refractivity contribution in [2.24, 2.45) is 0 Å². The van der Waals surface area contributed by atoms with E-state index in [9.17, 15) is 14.7 Å². The highest BCUT2D eigenvalue weighted by Gasteiger charge is 2.17. The van der Waals surface area contributed by atoms with Crippen molar-refractivity contribution in [1.82, 2.24) is 10.2 Å². The second-order valence-electron chi connectivity index (χ2n) is 8.07. The van der Waals surface area contributed by atoms with E-state index in [1.165, 1.54) is 0 Å². The number of hydrogen-bond donors (Lipinski definition) is 2. The number of aliphatic hydroxyl groups is 1. The fraction of sp³-hybridized carbons (Fsp3) is 0.462. The van der Waals surface area contributed by atoms with Gasteiger partial charge in [-0.15, -0.1) is 0 Å². The third-order valence-corrected chi connectivity index (χ3v) is 5.07. The predicted molar refractivity (Wildman–Crippen MR) is 127 cm³/mol. The lowest BCUT2D eigenvalue weighted by molar-refractivity contribution is 0.0694. The van der Waals surface area contributed by atoms with E-state index in [-0.39, 0.29) is 18.4 Å². The molecular formula is C26H36N2O4. The molecule has 0 radical (unpaired) electrons. The van der Waals surface area contributed by atoms with Crippen LogP contribution in [0.25, 0.3) is 0 Å². The first-order valence-electron chi connectivity index (χ1n) is 11.4. The summed E-state index contributed by atoms with van der Waals surface area (Å²) >= 11 is 0. The van der Waals surface area contributed by atoms with Crippen LogP contribution in [0.2, 0.25) is 0 Å². The number of amides is 2. The molecule has 2 aromatic carbocycles. The maximum Gasteiger partial charge on any atom is 0.253 e. The number of nitrogens with one attached hydrogen (secondary N) is 1. The van der Waals surface area contributed by atoms with Crippen LogP contribution in [0, 0.1) is 6.92 Å². The van der Waals surface area contributed by atoms with E-state index >= 15 is 0 Å². The van der Waals surface area contributed by atoms with Crippen molar-refractivity contribution < 1.29 is 19.4 Å². The molecule has 32 heavy (non-hydrogen) atoms. The van der Waals surface area contributed by atoms with Crippen LogP contribution in [-0.4, -0.2) is 54.2 Å². The van der Waals surface area contributed by atoms with Gasteiger partial charge in [-0.1, -0.05) is 44.2 Å². The molecule has 0 aliphatic rings. The number of nitrogens with zero attached hydrogens (tertiary/aromatic N) is 1. The molecule has 0 saturated carbocycles. The van der Waals surface area contributed by atoms with Crippen LogP contribution < -0.4 is 5.32 Å². The topological polar surface area (TPSA) is 78.9 Å². The fourth-order valence-corrected chi connectivity index (χ4v) is 3.47. The monoisotopic (exact) mass is 440 g/mol. The van der Waals surface area contributed by atoms with Gasteiger partial charge in [0.15, 0.2) is 0 Å². The maximum absolute atomic E-state index is 12.9. The minimum Gasteiger partial charge on any atom is -0.391 e. The molecule has 174 valence electrons. The first kappa shape index (κ1) is 25.6. The average Bonchev–Trinajstić information content (AvgIpc) is 2.80. The number of hydrogen-bond acceptors (Lipinski definition) is 4. The summed E-state index contributed by atoms with van der Waals surface area (Å²) in [7, 11) is 0. The molecule has 6 heteroatoms. The van der Waals surface area contributed by atoms with Gasteiger partial charge in [-0.25, -0.2) is 0 Å². The van der Waals surface area contributed by atoms with Gasteiger partial charge in [0.2, 0.25) is 0 Å². The Morgan fingerprint density at radius 2 is 1.69 bits per heavy atom. The summed E-state index contributed by atoms with van der Waals surface area (Å²) < 4.78 is 5.59. The van der Waals surface area contributed by atoms with Gasteiger partial charge < -0.3 is 20.1 Å². The van der Waals surface area contributed by atoms with Crippen molar-refractivity contribution in [3.8, 4) is 0 Å². The number of aryl methyl sites for hydroxylation is 1. The van der Waals surface area contributed by atoms with Crippen molar-refractivity contribution in [2.75, 3.05) is 26.2 Å². The third-order valence-electron chi connectivity index (χ3n) is 5.07. The van der Waals surface area contributed by atoms with Crippen LogP contribution in [-0.2, 0) is 11.3 Å². The minimum absolute atomic E-state index is 0.0537. The Morgan fingerprint density at radius 3 is 2.34 bits per heavy atom. The largest absolute Gasteiger partial charge is 0.391 e. The van der Waals surface area contributed by atoms with Crippen LogP contribution in [0.1, 0.15) is 65.0 Å². The standard InChI is InChI=1S/C26H36N2O4/c1-4-12-28(13-5-2)26(31)23-16-20(3)15-22(17-23)25(30)27-18-24(29)11-14-32-19-21-9-7-6-8-10-21/h6-10,15-17,24,29H,4-5,11-14,18-19H2,1-3H3,(H,27,30). The van der Waals surface area contributed by atoms with Gasteiger partial charge >= 0.3 is 0 Å². The quantitative estimate of drug-likeness (QED) is 0.462. The summed E-state index contributed by atoms with van der Waals surface area (Å²) in [5.74, 6) is -0.355. The van der Waals surface area contributed by atoms with Gasteiger partial charge in [-0.2, -0.15) is 0 Å². The molecule has 0 fully saturated rings. The highest BCUT2D eigenvalue weighted by atomic mass is 16.5. The van der Waals surface area contributed by atoms with Gasteiger partial charge in [0.25, 0.3) is 11.8 Å². The molecule has 0 aliphatic carbocycles. The van der Waals surface area contributed by atoms with Crippen molar-refractivity contribution in [1.29, 1.82) is 0 Å². The van der Waals surface area contributed by atoms with E-state index in [1.54, 1.807) is 12.1 Å². The normalized spacial score (nSPS) is 11.8. The van der Waals surface area contributed by atoms with Crippen LogP contribution >= 0.6 is 0 Å². The molecule has 0 aromatic heterocycles. The van der Waals surface area contributed by atoms with E-state index in [1.807, 2.05) is 62.1 Å². The average molecular weight is 441 g/mol. The molecule has 1 unspecified atom stereocenters. The smallest absolute Gasteiger partial charge is 0.253 e. The van der Waals surface area contributed by atoms with Crippen LogP contribution in [0.4, 0.5) is 0 Å². The molecule has 0 saturated heterocycles. The number of rotatable bonds is 13. The van der Waals surface area contributed by atoms with Crippen molar-refractivity contribution in [2.45, 2.75) is 52.7 Å². The van der Waals surface area contributed by atoms with E-state index < -0.39 is 6.10 Å². The van der Waals surface area contributed by atoms with Gasteiger partial charge in [0.05, 0.1) is 12.7 Å². The first-order chi connectivity index (χ1) is 15.4. The molecule has 0 spiro atoms. The summed E-state index contributed by atoms with van der Waals surface area (Å²) in [4.78, 5) is 27.4. The molecule has 2 amide bonds. The Labute approximate surface area is 191 Å². The lowest BCUT2D eigenvalue weighted by Gasteiger charge is -2.22. The number of carbonyl (C=O) groups excluding carboxylic acids is 2. The Bertz CT molecular complexity index is 848. The van der Waals surface area contributed by atoms with Crippen molar-refractivity contribution in [3.05, 3.63) is 70.8 Å². The van der Waals surface area contributed by atoms with Crippen molar-refractivity contribution >= 4 is 11.8 Å². The number of carbonyl (C=O) groups is 2. The molecule has 2 N–H and O–H groups in total. The number of benzene rings is 2. The Morgan fingerprint density at radius 1 is 1.03 bits per heavy atom. The Balaban J connectivity index is 1.86. The third kappa shape index (κ3) is 8.44. The summed E-state index contributed by atoms with van der Waals surface area (Å²) in [6, 6.07) is 15.1. The minimum atomic E-state index is -0.703. The van der Waals surface area contributed by atoms with Gasteiger partial charge in [-0.3, -0.25) is 9.59 Å². The molecular weight excluding hydrogens is 404 g/mol. The van der Waals surface area contributed by atoms with E-state index in [0.717, 1.165) is 24.0 Å². The van der Waals surface area contributed by atoms with E-state index in [4.69, 9.17) is 4.74 Å². The second kappa shape index (κ2) is 13.7. The van der Waals surface area contributed by atoms with Gasteiger partial charge in [0, 0.05) is 37.4 Å². The zero-order valence-electron chi connectivity index (χ0n) is 19.5. The zero-order valence-corrected chi connectivity index (χ0v) is 19.5. The summed E-state index contributed by atoms with van der Waals surface area (Å²) in [5, 5.41) is 12.9. The molecule has 0 aliphatic heterocycles. The highest BCUT2D eigenvalue weighted by molar-refractivity contribution is 6.00. The van der Waals surface area contributed by atoms with Crippen molar-refractivity contribution in [3.63, 3.8) is 0 Å². The molecule has 2 aromatic rings. The van der Waals surface area contributed by atoms with Gasteiger partial charge in [0.1, 0.15) is 0 Å². The van der Waals surface area contributed by atoms with E-state index in [0.29, 0.717) is 43.9 Å². The van der Waals surface area contributed by atoms with Crippen LogP contribution in [0.5, 0.6) is 0 Å². The summed E-state index contributed by atoms with van der Waals surface area (Å²) in [6.45, 7) is 8.37. The molecule has 0 bridgehead atoms. The van der Waals surface area contributed by atoms with E-state index in [2.05, 4.69) is 5.32 Å². The molecule has 1 atom stereocenters. The molecule has 0 heterocycles. The summed E-state index contributed by atoms with van der Waals surface area (Å²) in [5.41, 5.74) is 2.88.